The number of aromatic amines is 1. The second-order valence-corrected chi connectivity index (χ2v) is 7.19. The molecule has 0 aliphatic heterocycles. The van der Waals surface area contributed by atoms with Crippen molar-refractivity contribution in [2.75, 3.05) is 0 Å². The van der Waals surface area contributed by atoms with Crippen molar-refractivity contribution in [3.05, 3.63) is 88.5 Å². The summed E-state index contributed by atoms with van der Waals surface area (Å²) in [6.07, 6.45) is 6.78. The molecule has 1 heterocycles. The van der Waals surface area contributed by atoms with Gasteiger partial charge < -0.3 is 9.88 Å². The molecule has 1 atom stereocenters. The van der Waals surface area contributed by atoms with Gasteiger partial charge in [-0.1, -0.05) is 54.6 Å². The number of rotatable bonds is 5. The Morgan fingerprint density at radius 1 is 1.04 bits per heavy atom. The van der Waals surface area contributed by atoms with Crippen molar-refractivity contribution in [3.63, 3.8) is 0 Å². The number of carbonyl (C=O) groups excluding carboxylic acids is 1. The zero-order valence-electron chi connectivity index (χ0n) is 15.7. The van der Waals surface area contributed by atoms with E-state index in [4.69, 9.17) is 0 Å². The van der Waals surface area contributed by atoms with Gasteiger partial charge in [-0.2, -0.15) is 0 Å². The first-order valence-electron chi connectivity index (χ1n) is 9.66. The number of para-hydroxylation sites is 1. The Balaban J connectivity index is 1.64. The number of allylic oxidation sites excluding steroid dienone is 2. The molecule has 1 aliphatic carbocycles. The Labute approximate surface area is 163 Å². The van der Waals surface area contributed by atoms with Gasteiger partial charge >= 0.3 is 0 Å². The number of fused-ring (bicyclic) bond motifs is 1. The number of nitrogens with one attached hydrogen (secondary N) is 1. The third kappa shape index (κ3) is 4.03. The van der Waals surface area contributed by atoms with Crippen molar-refractivity contribution >= 4 is 16.8 Å². The molecule has 1 aliphatic rings. The normalized spacial score (nSPS) is 16.2. The summed E-state index contributed by atoms with van der Waals surface area (Å²) in [6, 6.07) is 17.2. The first kappa shape index (κ1) is 18.2. The second kappa shape index (κ2) is 8.21. The average Bonchev–Trinajstić information content (AvgIpc) is 2.74. The molecule has 4 rings (SSSR count). The van der Waals surface area contributed by atoms with Crippen LogP contribution >= 0.6 is 0 Å². The van der Waals surface area contributed by atoms with E-state index in [1.807, 2.05) is 53.4 Å². The number of hydrogen-bond donors (Lipinski definition) is 1. The van der Waals surface area contributed by atoms with Crippen molar-refractivity contribution in [2.24, 2.45) is 5.92 Å². The number of H-pyrrole nitrogens is 1. The van der Waals surface area contributed by atoms with E-state index in [9.17, 15) is 9.59 Å². The Morgan fingerprint density at radius 2 is 1.82 bits per heavy atom. The van der Waals surface area contributed by atoms with Gasteiger partial charge in [-0.3, -0.25) is 9.59 Å². The molecule has 0 fully saturated rings. The summed E-state index contributed by atoms with van der Waals surface area (Å²) in [6.45, 7) is 0.782. The lowest BCUT2D eigenvalue weighted by molar-refractivity contribution is -0.137. The molecular weight excluding hydrogens is 350 g/mol. The smallest absolute Gasteiger partial charge is 0.258 e. The summed E-state index contributed by atoms with van der Waals surface area (Å²) in [5.74, 6) is 0.615. The molecule has 0 radical (unpaired) electrons. The third-order valence-electron chi connectivity index (χ3n) is 5.15. The van der Waals surface area contributed by atoms with Gasteiger partial charge in [0.2, 0.25) is 5.91 Å². The SMILES string of the molecule is O=C([C@@H]1CC=CCC1)N(Cc1ccccc1)Cc1nc2ccccc2c(=O)[nH]1. The third-order valence-corrected chi connectivity index (χ3v) is 5.15. The van der Waals surface area contributed by atoms with Gasteiger partial charge in [0.1, 0.15) is 5.82 Å². The number of nitrogens with zero attached hydrogens (tertiary/aromatic N) is 2. The van der Waals surface area contributed by atoms with Crippen molar-refractivity contribution in [1.82, 2.24) is 14.9 Å². The fourth-order valence-electron chi connectivity index (χ4n) is 3.68. The maximum atomic E-state index is 13.2. The predicted octanol–water partition coefficient (Wildman–Crippen LogP) is 3.81. The first-order valence-corrected chi connectivity index (χ1v) is 9.66. The molecule has 1 amide bonds. The van der Waals surface area contributed by atoms with E-state index >= 15 is 0 Å². The summed E-state index contributed by atoms with van der Waals surface area (Å²) in [5, 5.41) is 0.560. The van der Waals surface area contributed by atoms with Crippen LogP contribution in [-0.4, -0.2) is 20.8 Å². The molecule has 2 aromatic carbocycles. The van der Waals surface area contributed by atoms with Crippen LogP contribution in [0.25, 0.3) is 10.9 Å². The number of benzene rings is 2. The van der Waals surface area contributed by atoms with Crippen LogP contribution in [-0.2, 0) is 17.9 Å². The summed E-state index contributed by atoms with van der Waals surface area (Å²) in [7, 11) is 0. The van der Waals surface area contributed by atoms with Crippen molar-refractivity contribution in [2.45, 2.75) is 32.4 Å². The largest absolute Gasteiger partial charge is 0.331 e. The minimum atomic E-state index is -0.173. The summed E-state index contributed by atoms with van der Waals surface area (Å²) < 4.78 is 0. The quantitative estimate of drug-likeness (QED) is 0.692. The van der Waals surface area contributed by atoms with Crippen LogP contribution in [0.15, 0.2) is 71.5 Å². The molecule has 28 heavy (non-hydrogen) atoms. The Kier molecular flexibility index (Phi) is 5.33. The van der Waals surface area contributed by atoms with Crippen LogP contribution in [0.4, 0.5) is 0 Å². The molecule has 142 valence electrons. The van der Waals surface area contributed by atoms with Gasteiger partial charge in [0, 0.05) is 12.5 Å². The maximum Gasteiger partial charge on any atom is 0.258 e. The topological polar surface area (TPSA) is 66.1 Å². The average molecular weight is 373 g/mol. The lowest BCUT2D eigenvalue weighted by atomic mass is 9.93. The highest BCUT2D eigenvalue weighted by molar-refractivity contribution is 5.79. The van der Waals surface area contributed by atoms with Gasteiger partial charge in [0.25, 0.3) is 5.56 Å². The van der Waals surface area contributed by atoms with Gasteiger partial charge in [-0.15, -0.1) is 0 Å². The van der Waals surface area contributed by atoms with Crippen LogP contribution in [0, 0.1) is 5.92 Å². The lowest BCUT2D eigenvalue weighted by Crippen LogP contribution is -2.36. The first-order chi connectivity index (χ1) is 13.7. The fraction of sp³-hybridized carbons (Fsp3) is 0.261. The van der Waals surface area contributed by atoms with Gasteiger partial charge in [-0.25, -0.2) is 4.98 Å². The summed E-state index contributed by atoms with van der Waals surface area (Å²) >= 11 is 0. The highest BCUT2D eigenvalue weighted by atomic mass is 16.2. The summed E-state index contributed by atoms with van der Waals surface area (Å²) in [5.41, 5.74) is 1.53. The fourth-order valence-corrected chi connectivity index (χ4v) is 3.68. The second-order valence-electron chi connectivity index (χ2n) is 7.19. The molecule has 1 N–H and O–H groups in total. The molecule has 5 nitrogen and oxygen atoms in total. The lowest BCUT2D eigenvalue weighted by Gasteiger charge is -2.28. The number of amides is 1. The molecule has 5 heteroatoms. The van der Waals surface area contributed by atoms with Crippen molar-refractivity contribution in [1.29, 1.82) is 0 Å². The molecular formula is C23H23N3O2. The van der Waals surface area contributed by atoms with E-state index in [0.29, 0.717) is 23.3 Å². The zero-order valence-corrected chi connectivity index (χ0v) is 15.7. The minimum Gasteiger partial charge on any atom is -0.331 e. The molecule has 0 bridgehead atoms. The standard InChI is InChI=1S/C23H23N3O2/c27-22-19-13-7-8-14-20(19)24-21(25-22)16-26(15-17-9-3-1-4-10-17)23(28)18-11-5-2-6-12-18/h1-5,7-10,13-14,18H,6,11-12,15-16H2,(H,24,25,27)/t18-/m1/s1. The van der Waals surface area contributed by atoms with Crippen LogP contribution < -0.4 is 5.56 Å². The van der Waals surface area contributed by atoms with Gasteiger partial charge in [-0.05, 0) is 37.0 Å². The number of carbonyl (C=O) groups is 1. The predicted molar refractivity (Wildman–Crippen MR) is 110 cm³/mol. The molecule has 0 saturated carbocycles. The van der Waals surface area contributed by atoms with Gasteiger partial charge in [0.05, 0.1) is 17.4 Å². The monoisotopic (exact) mass is 373 g/mol. The number of aromatic nitrogens is 2. The van der Waals surface area contributed by atoms with Crippen molar-refractivity contribution < 1.29 is 4.79 Å². The molecule has 1 aromatic heterocycles. The Bertz CT molecular complexity index is 1060. The minimum absolute atomic E-state index is 0.0131. The molecule has 0 spiro atoms. The molecule has 0 unspecified atom stereocenters. The highest BCUT2D eigenvalue weighted by Crippen LogP contribution is 2.22. The van der Waals surface area contributed by atoms with E-state index in [1.54, 1.807) is 6.07 Å². The molecule has 3 aromatic rings. The van der Waals surface area contributed by atoms with Crippen molar-refractivity contribution in [3.8, 4) is 0 Å². The van der Waals surface area contributed by atoms with Gasteiger partial charge in [0.15, 0.2) is 0 Å². The maximum absolute atomic E-state index is 13.2. The Morgan fingerprint density at radius 3 is 2.61 bits per heavy atom. The zero-order chi connectivity index (χ0) is 19.3. The van der Waals surface area contributed by atoms with Crippen LogP contribution in [0.1, 0.15) is 30.7 Å². The van der Waals surface area contributed by atoms with Crippen LogP contribution in [0.3, 0.4) is 0 Å². The van der Waals surface area contributed by atoms with E-state index in [0.717, 1.165) is 24.8 Å². The van der Waals surface area contributed by atoms with E-state index in [2.05, 4.69) is 22.1 Å². The molecule has 0 saturated heterocycles. The van der Waals surface area contributed by atoms with Crippen LogP contribution in [0.5, 0.6) is 0 Å². The van der Waals surface area contributed by atoms with E-state index < -0.39 is 0 Å². The van der Waals surface area contributed by atoms with Crippen LogP contribution in [0.2, 0.25) is 0 Å². The Hall–Kier alpha value is -3.21. The summed E-state index contributed by atoms with van der Waals surface area (Å²) in [4.78, 5) is 34.9. The number of hydrogen-bond acceptors (Lipinski definition) is 3. The van der Waals surface area contributed by atoms with E-state index in [1.165, 1.54) is 0 Å². The van der Waals surface area contributed by atoms with E-state index in [-0.39, 0.29) is 23.9 Å². The highest BCUT2D eigenvalue weighted by Gasteiger charge is 2.25.